The number of aldehydes is 1. The van der Waals surface area contributed by atoms with Crippen LogP contribution < -0.4 is 0 Å². The van der Waals surface area contributed by atoms with Gasteiger partial charge in [0.2, 0.25) is 0 Å². The van der Waals surface area contributed by atoms with E-state index in [0.29, 0.717) is 4.91 Å². The summed E-state index contributed by atoms with van der Waals surface area (Å²) in [6.07, 6.45) is 2.63. The lowest BCUT2D eigenvalue weighted by Gasteiger charge is -2.15. The van der Waals surface area contributed by atoms with E-state index in [0.717, 1.165) is 46.8 Å². The Kier molecular flexibility index (Phi) is 2.29. The lowest BCUT2D eigenvalue weighted by atomic mass is 10.1. The van der Waals surface area contributed by atoms with Gasteiger partial charge >= 0.3 is 0 Å². The highest BCUT2D eigenvalue weighted by molar-refractivity contribution is 8.18. The lowest BCUT2D eigenvalue weighted by Crippen LogP contribution is -2.19. The molecule has 4 nitrogen and oxygen atoms in total. The van der Waals surface area contributed by atoms with Crippen molar-refractivity contribution in [3.05, 3.63) is 41.0 Å². The first-order chi connectivity index (χ1) is 9.38. The van der Waals surface area contributed by atoms with Crippen molar-refractivity contribution in [2.75, 3.05) is 13.1 Å². The monoisotopic (exact) mass is 270 g/mol. The molecule has 0 saturated carbocycles. The molecule has 0 amide bonds. The number of benzene rings is 1. The molecule has 0 fully saturated rings. The maximum Gasteiger partial charge on any atom is 0.168 e. The number of hydrogen-bond donors (Lipinski definition) is 0. The zero-order chi connectivity index (χ0) is 12.8. The summed E-state index contributed by atoms with van der Waals surface area (Å²) in [5, 5.41) is 1.95. The van der Waals surface area contributed by atoms with Crippen LogP contribution in [0.25, 0.3) is 16.7 Å². The number of rotatable bonds is 2. The first-order valence-corrected chi connectivity index (χ1v) is 6.86. The third-order valence-corrected chi connectivity index (χ3v) is 4.39. The second-order valence-corrected chi connectivity index (χ2v) is 5.40. The molecule has 1 aromatic carbocycles. The molecule has 4 rings (SSSR count). The smallest absolute Gasteiger partial charge is 0.168 e. The Hall–Kier alpha value is -2.01. The number of aliphatic imine (C=N–C) groups is 1. The molecule has 3 heterocycles. The minimum Gasteiger partial charge on any atom is -0.464 e. The summed E-state index contributed by atoms with van der Waals surface area (Å²) in [6.45, 7) is 1.61. The molecule has 5 heteroatoms. The molecule has 2 aliphatic heterocycles. The van der Waals surface area contributed by atoms with Gasteiger partial charge in [-0.05, 0) is 17.8 Å². The molecule has 0 radical (unpaired) electrons. The topological polar surface area (TPSA) is 45.8 Å². The van der Waals surface area contributed by atoms with Crippen LogP contribution in [0.5, 0.6) is 0 Å². The van der Waals surface area contributed by atoms with Crippen LogP contribution in [0.1, 0.15) is 5.56 Å². The van der Waals surface area contributed by atoms with Crippen LogP contribution in [0.4, 0.5) is 0 Å². The molecule has 0 N–H and O–H groups in total. The molecule has 0 saturated heterocycles. The number of hydrogen-bond acceptors (Lipinski definition) is 5. The number of thioether (sulfide) groups is 1. The van der Waals surface area contributed by atoms with Crippen molar-refractivity contribution in [2.24, 2.45) is 4.99 Å². The quantitative estimate of drug-likeness (QED) is 0.787. The van der Waals surface area contributed by atoms with Gasteiger partial charge in [0.25, 0.3) is 0 Å². The van der Waals surface area contributed by atoms with Crippen molar-refractivity contribution in [1.29, 1.82) is 0 Å². The summed E-state index contributed by atoms with van der Waals surface area (Å²) in [7, 11) is 0. The number of allylic oxidation sites excluding steroid dienone is 1. The van der Waals surface area contributed by atoms with Crippen molar-refractivity contribution >= 4 is 39.9 Å². The highest BCUT2D eigenvalue weighted by Crippen LogP contribution is 2.42. The van der Waals surface area contributed by atoms with Crippen LogP contribution in [0.2, 0.25) is 0 Å². The fraction of sp³-hybridized carbons (Fsp3) is 0.143. The molecule has 1 aromatic heterocycles. The van der Waals surface area contributed by atoms with Crippen molar-refractivity contribution in [2.45, 2.75) is 0 Å². The van der Waals surface area contributed by atoms with Gasteiger partial charge < -0.3 is 9.32 Å². The summed E-state index contributed by atoms with van der Waals surface area (Å²) < 4.78 is 5.58. The number of furan rings is 1. The van der Waals surface area contributed by atoms with E-state index in [-0.39, 0.29) is 0 Å². The fourth-order valence-corrected chi connectivity index (χ4v) is 3.53. The van der Waals surface area contributed by atoms with Crippen molar-refractivity contribution in [1.82, 2.24) is 4.90 Å². The van der Waals surface area contributed by atoms with Gasteiger partial charge in [0, 0.05) is 17.5 Å². The maximum atomic E-state index is 11.3. The SMILES string of the molecule is O=CC1=C(c2coc3ccccc23)N2CCN=C2S1. The maximum absolute atomic E-state index is 11.3. The average molecular weight is 270 g/mol. The standard InChI is InChI=1S/C14H10N2O2S/c17-7-12-13(16-6-5-15-14(16)19-12)10-8-18-11-4-2-1-3-9(10)11/h1-4,7-8H,5-6H2. The Morgan fingerprint density at radius 2 is 2.26 bits per heavy atom. The highest BCUT2D eigenvalue weighted by atomic mass is 32.2. The van der Waals surface area contributed by atoms with Crippen LogP contribution in [0, 0.1) is 0 Å². The predicted molar refractivity (Wildman–Crippen MR) is 75.8 cm³/mol. The van der Waals surface area contributed by atoms with Crippen molar-refractivity contribution < 1.29 is 9.21 Å². The van der Waals surface area contributed by atoms with Gasteiger partial charge in [-0.1, -0.05) is 18.2 Å². The van der Waals surface area contributed by atoms with Crippen LogP contribution in [0.15, 0.2) is 44.8 Å². The summed E-state index contributed by atoms with van der Waals surface area (Å²) in [5.74, 6) is 0. The van der Waals surface area contributed by atoms with Gasteiger partial charge in [-0.15, -0.1) is 0 Å². The van der Waals surface area contributed by atoms with E-state index in [2.05, 4.69) is 9.89 Å². The first-order valence-electron chi connectivity index (χ1n) is 6.04. The number of carbonyl (C=O) groups is 1. The molecule has 94 valence electrons. The zero-order valence-electron chi connectivity index (χ0n) is 10.00. The van der Waals surface area contributed by atoms with E-state index in [4.69, 9.17) is 4.42 Å². The molecule has 0 bridgehead atoms. The summed E-state index contributed by atoms with van der Waals surface area (Å²) in [4.78, 5) is 18.5. The fourth-order valence-electron chi connectivity index (χ4n) is 2.52. The van der Waals surface area contributed by atoms with Crippen molar-refractivity contribution in [3.63, 3.8) is 0 Å². The zero-order valence-corrected chi connectivity index (χ0v) is 10.8. The second kappa shape index (κ2) is 3.99. The Morgan fingerprint density at radius 3 is 3.16 bits per heavy atom. The predicted octanol–water partition coefficient (Wildman–Crippen LogP) is 2.72. The highest BCUT2D eigenvalue weighted by Gasteiger charge is 2.34. The molecule has 0 spiro atoms. The molecule has 19 heavy (non-hydrogen) atoms. The Morgan fingerprint density at radius 1 is 1.37 bits per heavy atom. The molecular weight excluding hydrogens is 260 g/mol. The van der Waals surface area contributed by atoms with E-state index in [1.807, 2.05) is 24.3 Å². The number of fused-ring (bicyclic) bond motifs is 2. The molecule has 2 aliphatic rings. The van der Waals surface area contributed by atoms with Gasteiger partial charge in [0.1, 0.15) is 11.8 Å². The van der Waals surface area contributed by atoms with E-state index in [1.165, 1.54) is 11.8 Å². The van der Waals surface area contributed by atoms with Crippen LogP contribution in [-0.4, -0.2) is 29.4 Å². The third kappa shape index (κ3) is 1.48. The third-order valence-electron chi connectivity index (χ3n) is 3.35. The number of carbonyl (C=O) groups excluding carboxylic acids is 1. The Labute approximate surface area is 113 Å². The second-order valence-electron chi connectivity index (χ2n) is 4.39. The summed E-state index contributed by atoms with van der Waals surface area (Å²) in [6, 6.07) is 7.86. The van der Waals surface area contributed by atoms with Gasteiger partial charge in [-0.3, -0.25) is 9.79 Å². The largest absolute Gasteiger partial charge is 0.464 e. The van der Waals surface area contributed by atoms with Crippen LogP contribution in [-0.2, 0) is 4.79 Å². The van der Waals surface area contributed by atoms with Crippen molar-refractivity contribution in [3.8, 4) is 0 Å². The average Bonchev–Trinajstić information content (AvgIpc) is 3.11. The van der Waals surface area contributed by atoms with Gasteiger partial charge in [0.05, 0.1) is 17.1 Å². The van der Waals surface area contributed by atoms with Crippen LogP contribution >= 0.6 is 11.8 Å². The van der Waals surface area contributed by atoms with Crippen LogP contribution in [0.3, 0.4) is 0 Å². The molecule has 0 atom stereocenters. The number of nitrogens with zero attached hydrogens (tertiary/aromatic N) is 2. The molecule has 0 unspecified atom stereocenters. The first kappa shape index (κ1) is 10.9. The lowest BCUT2D eigenvalue weighted by molar-refractivity contribution is -0.104. The minimum atomic E-state index is 0.713. The normalized spacial score (nSPS) is 18.1. The Balaban J connectivity index is 1.95. The molecule has 2 aromatic rings. The minimum absolute atomic E-state index is 0.713. The van der Waals surface area contributed by atoms with E-state index < -0.39 is 0 Å². The summed E-state index contributed by atoms with van der Waals surface area (Å²) >= 11 is 1.44. The number of para-hydroxylation sites is 1. The van der Waals surface area contributed by atoms with Gasteiger partial charge in [-0.2, -0.15) is 0 Å². The van der Waals surface area contributed by atoms with E-state index in [9.17, 15) is 4.79 Å². The van der Waals surface area contributed by atoms with E-state index in [1.54, 1.807) is 6.26 Å². The number of amidine groups is 1. The van der Waals surface area contributed by atoms with Gasteiger partial charge in [0.15, 0.2) is 11.5 Å². The molecule has 0 aliphatic carbocycles. The molecular formula is C14H10N2O2S. The van der Waals surface area contributed by atoms with Gasteiger partial charge in [-0.25, -0.2) is 0 Å². The Bertz CT molecular complexity index is 745. The summed E-state index contributed by atoms with van der Waals surface area (Å²) in [5.41, 5.74) is 2.74. The van der Waals surface area contributed by atoms with E-state index >= 15 is 0 Å².